The van der Waals surface area contributed by atoms with Gasteiger partial charge in [0.05, 0.1) is 0 Å². The molecular formula is C22H29NO2. The van der Waals surface area contributed by atoms with E-state index >= 15 is 0 Å². The fourth-order valence-electron chi connectivity index (χ4n) is 3.11. The maximum atomic E-state index is 12.4. The molecule has 0 heterocycles. The van der Waals surface area contributed by atoms with E-state index in [9.17, 15) is 4.79 Å². The third-order valence-corrected chi connectivity index (χ3v) is 4.62. The summed E-state index contributed by atoms with van der Waals surface area (Å²) in [6.45, 7) is 11.5. The Bertz CT molecular complexity index is 685. The molecule has 1 aromatic rings. The van der Waals surface area contributed by atoms with Crippen LogP contribution in [-0.4, -0.2) is 17.6 Å². The number of hydrogen-bond donors (Lipinski definition) is 1. The Morgan fingerprint density at radius 3 is 2.84 bits per heavy atom. The van der Waals surface area contributed by atoms with Crippen LogP contribution < -0.4 is 5.73 Å². The zero-order chi connectivity index (χ0) is 18.4. The Hall–Kier alpha value is -2.13. The van der Waals surface area contributed by atoms with Crippen molar-refractivity contribution < 1.29 is 9.53 Å². The van der Waals surface area contributed by atoms with Gasteiger partial charge in [0.25, 0.3) is 0 Å². The van der Waals surface area contributed by atoms with Crippen molar-refractivity contribution in [1.82, 2.24) is 0 Å². The summed E-state index contributed by atoms with van der Waals surface area (Å²) in [6.07, 6.45) is 7.88. The van der Waals surface area contributed by atoms with Gasteiger partial charge in [-0.1, -0.05) is 55.1 Å². The van der Waals surface area contributed by atoms with Crippen LogP contribution in [0, 0.1) is 0 Å². The standard InChI is InChI=1S/C22H29NO2/c1-5-16(2)9-8-14-22(3,4)25-21(24)20(23)15-18-13-12-17-10-6-7-11-19(17)18/h5-7,10-11,13,20H,1-2,8-9,12,14-15,23H2,3-4H3/t20-/m0/s1. The lowest BCUT2D eigenvalue weighted by atomic mass is 9.98. The van der Waals surface area contributed by atoms with Crippen molar-refractivity contribution in [2.24, 2.45) is 5.73 Å². The van der Waals surface area contributed by atoms with Gasteiger partial charge in [-0.05, 0) is 62.7 Å². The number of fused-ring (bicyclic) bond motifs is 1. The summed E-state index contributed by atoms with van der Waals surface area (Å²) in [6, 6.07) is 7.61. The number of esters is 1. The highest BCUT2D eigenvalue weighted by Crippen LogP contribution is 2.30. The predicted molar refractivity (Wildman–Crippen MR) is 104 cm³/mol. The van der Waals surface area contributed by atoms with Gasteiger partial charge in [-0.3, -0.25) is 4.79 Å². The molecule has 0 aromatic heterocycles. The monoisotopic (exact) mass is 339 g/mol. The smallest absolute Gasteiger partial charge is 0.323 e. The van der Waals surface area contributed by atoms with Crippen molar-refractivity contribution >= 4 is 11.5 Å². The topological polar surface area (TPSA) is 52.3 Å². The second kappa shape index (κ2) is 8.30. The van der Waals surface area contributed by atoms with E-state index in [4.69, 9.17) is 10.5 Å². The van der Waals surface area contributed by atoms with Crippen LogP contribution in [0.25, 0.3) is 5.57 Å². The van der Waals surface area contributed by atoms with E-state index in [0.717, 1.165) is 36.8 Å². The molecule has 1 aliphatic rings. The zero-order valence-electron chi connectivity index (χ0n) is 15.4. The molecule has 3 nitrogen and oxygen atoms in total. The van der Waals surface area contributed by atoms with Gasteiger partial charge in [0.15, 0.2) is 0 Å². The first-order valence-corrected chi connectivity index (χ1v) is 8.88. The Kier molecular flexibility index (Phi) is 6.38. The van der Waals surface area contributed by atoms with Crippen molar-refractivity contribution in [2.75, 3.05) is 0 Å². The molecule has 0 bridgehead atoms. The third kappa shape index (κ3) is 5.43. The van der Waals surface area contributed by atoms with Crippen molar-refractivity contribution in [3.63, 3.8) is 0 Å². The van der Waals surface area contributed by atoms with Gasteiger partial charge < -0.3 is 10.5 Å². The highest BCUT2D eigenvalue weighted by Gasteiger charge is 2.27. The number of rotatable bonds is 9. The first kappa shape index (κ1) is 19.2. The van der Waals surface area contributed by atoms with E-state index in [2.05, 4.69) is 31.4 Å². The summed E-state index contributed by atoms with van der Waals surface area (Å²) in [4.78, 5) is 12.4. The lowest BCUT2D eigenvalue weighted by Gasteiger charge is -2.27. The van der Waals surface area contributed by atoms with Crippen molar-refractivity contribution in [1.29, 1.82) is 0 Å². The minimum Gasteiger partial charge on any atom is -0.459 e. The number of nitrogens with two attached hydrogens (primary N) is 1. The van der Waals surface area contributed by atoms with Crippen LogP contribution >= 0.6 is 0 Å². The maximum Gasteiger partial charge on any atom is 0.323 e. The highest BCUT2D eigenvalue weighted by atomic mass is 16.6. The molecule has 2 N–H and O–H groups in total. The van der Waals surface area contributed by atoms with Gasteiger partial charge in [0.1, 0.15) is 11.6 Å². The molecule has 0 spiro atoms. The molecule has 3 heteroatoms. The number of carbonyl (C=O) groups excluding carboxylic acids is 1. The number of hydrogen-bond acceptors (Lipinski definition) is 3. The molecule has 0 saturated carbocycles. The molecular weight excluding hydrogens is 310 g/mol. The molecule has 0 radical (unpaired) electrons. The van der Waals surface area contributed by atoms with Gasteiger partial charge in [0, 0.05) is 0 Å². The van der Waals surface area contributed by atoms with E-state index in [1.54, 1.807) is 6.08 Å². The second-order valence-electron chi connectivity index (χ2n) is 7.30. The summed E-state index contributed by atoms with van der Waals surface area (Å²) in [5, 5.41) is 0. The van der Waals surface area contributed by atoms with Gasteiger partial charge in [-0.2, -0.15) is 0 Å². The van der Waals surface area contributed by atoms with Gasteiger partial charge in [-0.25, -0.2) is 0 Å². The maximum absolute atomic E-state index is 12.4. The van der Waals surface area contributed by atoms with Crippen LogP contribution in [0.5, 0.6) is 0 Å². The van der Waals surface area contributed by atoms with E-state index in [-0.39, 0.29) is 5.97 Å². The van der Waals surface area contributed by atoms with Crippen LogP contribution in [0.15, 0.2) is 55.1 Å². The van der Waals surface area contributed by atoms with Crippen molar-refractivity contribution in [2.45, 2.75) is 57.6 Å². The van der Waals surface area contributed by atoms with E-state index in [1.807, 2.05) is 26.0 Å². The fraction of sp³-hybridized carbons (Fsp3) is 0.409. The second-order valence-corrected chi connectivity index (χ2v) is 7.30. The first-order chi connectivity index (χ1) is 11.8. The minimum atomic E-state index is -0.639. The van der Waals surface area contributed by atoms with E-state index in [0.29, 0.717) is 6.42 Å². The number of ether oxygens (including phenoxy) is 1. The summed E-state index contributed by atoms with van der Waals surface area (Å²) in [7, 11) is 0. The average Bonchev–Trinajstić information content (AvgIpc) is 2.97. The molecule has 0 fully saturated rings. The molecule has 0 saturated heterocycles. The molecule has 25 heavy (non-hydrogen) atoms. The quantitative estimate of drug-likeness (QED) is 0.529. The SMILES string of the molecule is C=CC(=C)CCCC(C)(C)OC(=O)[C@@H](N)CC1=CCc2ccccc21. The summed E-state index contributed by atoms with van der Waals surface area (Å²) >= 11 is 0. The lowest BCUT2D eigenvalue weighted by molar-refractivity contribution is -0.158. The molecule has 134 valence electrons. The third-order valence-electron chi connectivity index (χ3n) is 4.62. The van der Waals surface area contributed by atoms with Crippen LogP contribution in [0.4, 0.5) is 0 Å². The molecule has 1 aromatic carbocycles. The average molecular weight is 339 g/mol. The van der Waals surface area contributed by atoms with Crippen LogP contribution in [-0.2, 0) is 16.0 Å². The minimum absolute atomic E-state index is 0.335. The Morgan fingerprint density at radius 2 is 2.12 bits per heavy atom. The number of allylic oxidation sites excluding steroid dienone is 3. The van der Waals surface area contributed by atoms with E-state index < -0.39 is 11.6 Å². The number of carbonyl (C=O) groups is 1. The van der Waals surface area contributed by atoms with Gasteiger partial charge >= 0.3 is 5.97 Å². The Labute approximate surface area is 151 Å². The largest absolute Gasteiger partial charge is 0.459 e. The summed E-state index contributed by atoms with van der Waals surface area (Å²) < 4.78 is 5.67. The van der Waals surface area contributed by atoms with Crippen LogP contribution in [0.1, 0.15) is 50.7 Å². The lowest BCUT2D eigenvalue weighted by Crippen LogP contribution is -2.38. The summed E-state index contributed by atoms with van der Waals surface area (Å²) in [5.41, 5.74) is 10.2. The van der Waals surface area contributed by atoms with Crippen molar-refractivity contribution in [3.8, 4) is 0 Å². The molecule has 2 rings (SSSR count). The van der Waals surface area contributed by atoms with Crippen LogP contribution in [0.3, 0.4) is 0 Å². The molecule has 1 atom stereocenters. The molecule has 0 aliphatic heterocycles. The number of benzene rings is 1. The molecule has 0 amide bonds. The van der Waals surface area contributed by atoms with Crippen LogP contribution in [0.2, 0.25) is 0 Å². The zero-order valence-corrected chi connectivity index (χ0v) is 15.4. The molecule has 1 aliphatic carbocycles. The summed E-state index contributed by atoms with van der Waals surface area (Å²) in [5.74, 6) is -0.335. The fourth-order valence-corrected chi connectivity index (χ4v) is 3.11. The highest BCUT2D eigenvalue weighted by molar-refractivity contribution is 5.81. The van der Waals surface area contributed by atoms with Gasteiger partial charge in [0.2, 0.25) is 0 Å². The normalized spacial score (nSPS) is 14.4. The Balaban J connectivity index is 1.86. The predicted octanol–water partition coefficient (Wildman–Crippen LogP) is 4.58. The van der Waals surface area contributed by atoms with Gasteiger partial charge in [-0.15, -0.1) is 0 Å². The van der Waals surface area contributed by atoms with E-state index in [1.165, 1.54) is 11.1 Å². The Morgan fingerprint density at radius 1 is 1.40 bits per heavy atom. The van der Waals surface area contributed by atoms with Crippen molar-refractivity contribution in [3.05, 3.63) is 66.3 Å². The first-order valence-electron chi connectivity index (χ1n) is 8.88. The molecule has 0 unspecified atom stereocenters.